The summed E-state index contributed by atoms with van der Waals surface area (Å²) in [5.41, 5.74) is 0.433. The third-order valence-electron chi connectivity index (χ3n) is 4.01. The smallest absolute Gasteiger partial charge is 0.249 e. The molecule has 11 heteroatoms. The molecular formula is C15H22ClN7O3. The quantitative estimate of drug-likeness (QED) is 0.166. The minimum Gasteiger partial charge on any atom is -0.286 e. The van der Waals surface area contributed by atoms with Gasteiger partial charge in [-0.25, -0.2) is 25.6 Å². The fraction of sp³-hybridized carbons (Fsp3) is 0.533. The van der Waals surface area contributed by atoms with E-state index >= 15 is 0 Å². The maximum absolute atomic E-state index is 12.7. The lowest BCUT2D eigenvalue weighted by Gasteiger charge is -2.23. The van der Waals surface area contributed by atoms with Gasteiger partial charge in [0.25, 0.3) is 0 Å². The maximum atomic E-state index is 12.7. The number of carbonyl (C=O) groups excluding carboxylic acids is 2. The topological polar surface area (TPSA) is 130 Å². The molecule has 3 N–H and O–H groups in total. The van der Waals surface area contributed by atoms with Crippen molar-refractivity contribution in [1.29, 1.82) is 0 Å². The largest absolute Gasteiger partial charge is 0.286 e. The summed E-state index contributed by atoms with van der Waals surface area (Å²) in [5, 5.41) is 15.6. The van der Waals surface area contributed by atoms with E-state index < -0.39 is 11.8 Å². The molecule has 0 spiro atoms. The van der Waals surface area contributed by atoms with Crippen LogP contribution in [-0.4, -0.2) is 48.9 Å². The van der Waals surface area contributed by atoms with Crippen molar-refractivity contribution < 1.29 is 14.8 Å². The molecule has 1 atom stereocenters. The van der Waals surface area contributed by atoms with Gasteiger partial charge in [-0.15, -0.1) is 0 Å². The van der Waals surface area contributed by atoms with Crippen LogP contribution in [-0.2, 0) is 16.6 Å². The minimum atomic E-state index is -0.670. The van der Waals surface area contributed by atoms with E-state index in [1.807, 2.05) is 6.92 Å². The molecule has 0 aromatic carbocycles. The number of rotatable bonds is 9. The zero-order chi connectivity index (χ0) is 19.3. The lowest BCUT2D eigenvalue weighted by atomic mass is 10.00. The molecule has 0 radical (unpaired) electrons. The van der Waals surface area contributed by atoms with E-state index in [4.69, 9.17) is 17.4 Å². The Kier molecular flexibility index (Phi) is 6.83. The molecule has 0 aliphatic rings. The Morgan fingerprint density at radius 1 is 1.50 bits per heavy atom. The van der Waals surface area contributed by atoms with Crippen molar-refractivity contribution in [2.75, 3.05) is 11.6 Å². The van der Waals surface area contributed by atoms with Gasteiger partial charge in [-0.3, -0.25) is 14.8 Å². The Balaban J connectivity index is 2.23. The number of hydroxylamine groups is 2. The number of anilines is 1. The molecule has 0 unspecified atom stereocenters. The van der Waals surface area contributed by atoms with Gasteiger partial charge in [0.15, 0.2) is 10.8 Å². The van der Waals surface area contributed by atoms with Gasteiger partial charge in [0.1, 0.15) is 0 Å². The number of nitrogens with zero attached hydrogens (tertiary/aromatic N) is 6. The van der Waals surface area contributed by atoms with Crippen molar-refractivity contribution in [1.82, 2.24) is 24.8 Å². The molecule has 2 aromatic heterocycles. The number of aryl methyl sites for hydroxylation is 1. The highest BCUT2D eigenvalue weighted by atomic mass is 35.5. The van der Waals surface area contributed by atoms with E-state index in [0.717, 1.165) is 24.3 Å². The molecule has 0 bridgehead atoms. The molecule has 0 fully saturated rings. The van der Waals surface area contributed by atoms with Crippen LogP contribution in [0.15, 0.2) is 6.20 Å². The summed E-state index contributed by atoms with van der Waals surface area (Å²) in [6.45, 7) is 1.89. The number of amides is 2. The van der Waals surface area contributed by atoms with Crippen molar-refractivity contribution in [3.8, 4) is 0 Å². The fourth-order valence-electron chi connectivity index (χ4n) is 2.60. The van der Waals surface area contributed by atoms with E-state index in [1.165, 1.54) is 10.9 Å². The molecule has 0 aliphatic carbocycles. The summed E-state index contributed by atoms with van der Waals surface area (Å²) >= 11 is 5.98. The summed E-state index contributed by atoms with van der Waals surface area (Å²) in [6, 6.07) is 0. The zero-order valence-electron chi connectivity index (χ0n) is 14.7. The van der Waals surface area contributed by atoms with Crippen molar-refractivity contribution in [3.63, 3.8) is 0 Å². The molecule has 0 saturated heterocycles. The molecule has 0 saturated carbocycles. The number of hydrogen-bond donors (Lipinski definition) is 2. The Labute approximate surface area is 155 Å². The normalized spacial score (nSPS) is 12.2. The first-order valence-corrected chi connectivity index (χ1v) is 8.61. The maximum Gasteiger partial charge on any atom is 0.249 e. The van der Waals surface area contributed by atoms with E-state index in [-0.39, 0.29) is 24.1 Å². The molecule has 10 nitrogen and oxygen atoms in total. The predicted molar refractivity (Wildman–Crippen MR) is 95.2 cm³/mol. The van der Waals surface area contributed by atoms with Crippen LogP contribution in [0.1, 0.15) is 32.6 Å². The van der Waals surface area contributed by atoms with Gasteiger partial charge in [0.2, 0.25) is 18.3 Å². The van der Waals surface area contributed by atoms with Crippen molar-refractivity contribution in [3.05, 3.63) is 11.3 Å². The van der Waals surface area contributed by atoms with Crippen LogP contribution in [0.25, 0.3) is 11.0 Å². The highest BCUT2D eigenvalue weighted by molar-refractivity contribution is 6.34. The van der Waals surface area contributed by atoms with Crippen LogP contribution in [0.4, 0.5) is 5.95 Å². The Hall–Kier alpha value is -2.30. The molecule has 0 aliphatic heterocycles. The second kappa shape index (κ2) is 8.88. The zero-order valence-corrected chi connectivity index (χ0v) is 15.4. The molecule has 26 heavy (non-hydrogen) atoms. The van der Waals surface area contributed by atoms with E-state index in [9.17, 15) is 14.8 Å². The summed E-state index contributed by atoms with van der Waals surface area (Å²) in [5.74, 6) is 4.74. The Morgan fingerprint density at radius 3 is 2.88 bits per heavy atom. The molecule has 2 rings (SSSR count). The van der Waals surface area contributed by atoms with Gasteiger partial charge in [-0.05, 0) is 6.42 Å². The Bertz CT molecular complexity index is 782. The summed E-state index contributed by atoms with van der Waals surface area (Å²) < 4.78 is 1.46. The fourth-order valence-corrected chi connectivity index (χ4v) is 2.85. The van der Waals surface area contributed by atoms with Gasteiger partial charge in [-0.2, -0.15) is 10.1 Å². The van der Waals surface area contributed by atoms with Gasteiger partial charge < -0.3 is 0 Å². The molecule has 2 amide bonds. The van der Waals surface area contributed by atoms with Crippen LogP contribution >= 0.6 is 11.6 Å². The third-order valence-corrected chi connectivity index (χ3v) is 4.29. The lowest BCUT2D eigenvalue weighted by Crippen LogP contribution is -2.45. The average Bonchev–Trinajstić information content (AvgIpc) is 2.93. The highest BCUT2D eigenvalue weighted by Crippen LogP contribution is 2.22. The van der Waals surface area contributed by atoms with Crippen molar-refractivity contribution in [2.24, 2.45) is 18.8 Å². The number of unbranched alkanes of at least 4 members (excludes halogenated alkanes) is 2. The number of hydrogen-bond acceptors (Lipinski definition) is 7. The first-order chi connectivity index (χ1) is 12.4. The van der Waals surface area contributed by atoms with Crippen LogP contribution in [0.5, 0.6) is 0 Å². The summed E-state index contributed by atoms with van der Waals surface area (Å²) in [4.78, 5) is 31.7. The number of nitrogens with two attached hydrogens (primary N) is 1. The van der Waals surface area contributed by atoms with E-state index in [1.54, 1.807) is 7.05 Å². The first-order valence-electron chi connectivity index (χ1n) is 8.23. The molecule has 142 valence electrons. The number of halogens is 1. The number of carbonyl (C=O) groups is 2. The monoisotopic (exact) mass is 383 g/mol. The third kappa shape index (κ3) is 4.45. The van der Waals surface area contributed by atoms with Crippen LogP contribution in [0.2, 0.25) is 5.15 Å². The second-order valence-electron chi connectivity index (χ2n) is 5.95. The molecule has 2 heterocycles. The van der Waals surface area contributed by atoms with Gasteiger partial charge in [0.05, 0.1) is 17.8 Å². The van der Waals surface area contributed by atoms with Crippen LogP contribution in [0, 0.1) is 5.92 Å². The summed E-state index contributed by atoms with van der Waals surface area (Å²) in [7, 11) is 1.66. The molecular weight excluding hydrogens is 362 g/mol. The SMILES string of the molecule is CCCCC[C@H](CN(O)C=O)C(=O)N(N)c1ncc2c(Cl)nn(C)c2n1. The van der Waals surface area contributed by atoms with Crippen molar-refractivity contribution in [2.45, 2.75) is 32.6 Å². The van der Waals surface area contributed by atoms with Crippen LogP contribution < -0.4 is 10.9 Å². The molecule has 2 aromatic rings. The van der Waals surface area contributed by atoms with Gasteiger partial charge >= 0.3 is 0 Å². The van der Waals surface area contributed by atoms with Crippen LogP contribution in [0.3, 0.4) is 0 Å². The second-order valence-corrected chi connectivity index (χ2v) is 6.31. The van der Waals surface area contributed by atoms with Gasteiger partial charge in [0, 0.05) is 13.2 Å². The first kappa shape index (κ1) is 20.0. The predicted octanol–water partition coefficient (Wildman–Crippen LogP) is 1.27. The standard InChI is InChI=1S/C15H22ClN7O3/c1-3-4-5-6-10(8-22(26)9-24)14(25)23(17)15-18-7-11-12(16)20-21(2)13(11)19-15/h7,9-10,26H,3-6,8,17H2,1-2H3/t10-/m1/s1. The number of aromatic nitrogens is 4. The lowest BCUT2D eigenvalue weighted by molar-refractivity contribution is -0.154. The van der Waals surface area contributed by atoms with Crippen molar-refractivity contribution >= 4 is 40.9 Å². The van der Waals surface area contributed by atoms with Gasteiger partial charge in [-0.1, -0.05) is 37.8 Å². The number of fused-ring (bicyclic) bond motifs is 1. The van der Waals surface area contributed by atoms with E-state index in [2.05, 4.69) is 15.1 Å². The average molecular weight is 384 g/mol. The van der Waals surface area contributed by atoms with E-state index in [0.29, 0.717) is 22.5 Å². The summed E-state index contributed by atoms with van der Waals surface area (Å²) in [6.07, 6.45) is 4.84. The number of hydrazine groups is 1. The highest BCUT2D eigenvalue weighted by Gasteiger charge is 2.27. The Morgan fingerprint density at radius 2 is 2.23 bits per heavy atom. The minimum absolute atomic E-state index is 0.0155.